The van der Waals surface area contributed by atoms with Crippen LogP contribution in [0.1, 0.15) is 47.5 Å². The lowest BCUT2D eigenvalue weighted by atomic mass is 10.3. The number of hydrogen-bond acceptors (Lipinski definition) is 5. The highest BCUT2D eigenvalue weighted by Gasteiger charge is 2.06. The molecule has 0 radical (unpaired) electrons. The van der Waals surface area contributed by atoms with Gasteiger partial charge in [-0.3, -0.25) is 0 Å². The van der Waals surface area contributed by atoms with Crippen molar-refractivity contribution in [2.45, 2.75) is 53.8 Å². The lowest BCUT2D eigenvalue weighted by Crippen LogP contribution is -2.18. The molecular formula is C23H34O5. The van der Waals surface area contributed by atoms with Crippen LogP contribution < -0.4 is 9.47 Å². The van der Waals surface area contributed by atoms with Gasteiger partial charge in [0.15, 0.2) is 6.29 Å². The van der Waals surface area contributed by atoms with E-state index in [1.165, 1.54) is 12.1 Å². The van der Waals surface area contributed by atoms with E-state index < -0.39 is 0 Å². The Hall–Kier alpha value is -2.84. The monoisotopic (exact) mass is 390 g/mol. The van der Waals surface area contributed by atoms with Gasteiger partial charge < -0.3 is 24.4 Å². The van der Waals surface area contributed by atoms with Gasteiger partial charge in [0.05, 0.1) is 0 Å². The van der Waals surface area contributed by atoms with Gasteiger partial charge in [0.1, 0.15) is 29.1 Å². The van der Waals surface area contributed by atoms with Crippen LogP contribution in [-0.4, -0.2) is 23.6 Å². The minimum Gasteiger partial charge on any atom is -0.508 e. The Morgan fingerprint density at radius 1 is 0.857 bits per heavy atom. The molecule has 0 aliphatic heterocycles. The van der Waals surface area contributed by atoms with E-state index in [2.05, 4.69) is 11.7 Å². The van der Waals surface area contributed by atoms with Crippen molar-refractivity contribution in [2.75, 3.05) is 7.11 Å². The summed E-state index contributed by atoms with van der Waals surface area (Å²) in [5, 5.41) is 17.9. The van der Waals surface area contributed by atoms with E-state index in [0.717, 1.165) is 12.8 Å². The highest BCUT2D eigenvalue weighted by atomic mass is 16.7. The second-order valence-corrected chi connectivity index (χ2v) is 4.78. The molecule has 0 saturated heterocycles. The van der Waals surface area contributed by atoms with Gasteiger partial charge in [0.25, 0.3) is 0 Å². The topological polar surface area (TPSA) is 68.2 Å². The van der Waals surface area contributed by atoms with Crippen LogP contribution >= 0.6 is 0 Å². The summed E-state index contributed by atoms with van der Waals surface area (Å²) in [4.78, 5) is 0. The molecule has 5 heteroatoms. The molecule has 0 heterocycles. The molecule has 156 valence electrons. The van der Waals surface area contributed by atoms with E-state index >= 15 is 0 Å². The fraction of sp³-hybridized carbons (Fsp3) is 0.391. The van der Waals surface area contributed by atoms with Crippen molar-refractivity contribution in [3.05, 3.63) is 48.5 Å². The first-order chi connectivity index (χ1) is 13.6. The number of rotatable bonds is 6. The highest BCUT2D eigenvalue weighted by Crippen LogP contribution is 2.18. The van der Waals surface area contributed by atoms with Crippen molar-refractivity contribution in [3.8, 4) is 35.5 Å². The number of ether oxygens (including phenoxy) is 3. The van der Waals surface area contributed by atoms with E-state index in [1.807, 2.05) is 33.8 Å². The maximum absolute atomic E-state index is 9.06. The summed E-state index contributed by atoms with van der Waals surface area (Å²) in [5.41, 5.74) is 0. The van der Waals surface area contributed by atoms with Gasteiger partial charge in [-0.2, -0.15) is 0 Å². The molecule has 2 aromatic rings. The second kappa shape index (κ2) is 18.9. The molecule has 0 bridgehead atoms. The van der Waals surface area contributed by atoms with Crippen molar-refractivity contribution in [1.29, 1.82) is 0 Å². The van der Waals surface area contributed by atoms with Gasteiger partial charge in [-0.1, -0.05) is 47.5 Å². The molecule has 0 saturated carbocycles. The van der Waals surface area contributed by atoms with Crippen LogP contribution in [0.2, 0.25) is 0 Å². The molecule has 1 atom stereocenters. The molecule has 0 aromatic heterocycles. The molecule has 1 unspecified atom stereocenters. The van der Waals surface area contributed by atoms with E-state index in [0.29, 0.717) is 11.5 Å². The average Bonchev–Trinajstić information content (AvgIpc) is 2.74. The van der Waals surface area contributed by atoms with E-state index in [1.54, 1.807) is 43.5 Å². The summed E-state index contributed by atoms with van der Waals surface area (Å²) in [6.07, 6.45) is 8.55. The number of hydrogen-bond donors (Lipinski definition) is 2. The van der Waals surface area contributed by atoms with Crippen LogP contribution in [0.5, 0.6) is 23.0 Å². The lowest BCUT2D eigenvalue weighted by Gasteiger charge is -2.16. The largest absolute Gasteiger partial charge is 0.508 e. The smallest absolute Gasteiger partial charge is 0.199 e. The van der Waals surface area contributed by atoms with E-state index in [4.69, 9.17) is 26.1 Å². The number of phenolic OH excluding ortho intramolecular Hbond substituents is 2. The maximum atomic E-state index is 9.06. The molecule has 2 rings (SSSR count). The van der Waals surface area contributed by atoms with Gasteiger partial charge >= 0.3 is 0 Å². The SMILES string of the molecule is C#COc1ccc(O)cc1.CC.CC.CCCC(OC)Oc1ccc(O)cc1. The summed E-state index contributed by atoms with van der Waals surface area (Å²) in [6.45, 7) is 10.1. The molecular weight excluding hydrogens is 356 g/mol. The number of terminal acetylenes is 1. The Balaban J connectivity index is 0. The number of benzene rings is 2. The van der Waals surface area contributed by atoms with Gasteiger partial charge in [0, 0.05) is 13.5 Å². The van der Waals surface area contributed by atoms with Gasteiger partial charge in [-0.25, -0.2) is 0 Å². The number of aromatic hydroxyl groups is 2. The minimum absolute atomic E-state index is 0.198. The van der Waals surface area contributed by atoms with Crippen LogP contribution in [0, 0.1) is 12.5 Å². The lowest BCUT2D eigenvalue weighted by molar-refractivity contribution is -0.0584. The first-order valence-corrected chi connectivity index (χ1v) is 9.49. The fourth-order valence-corrected chi connectivity index (χ4v) is 1.72. The predicted octanol–water partition coefficient (Wildman–Crippen LogP) is 5.96. The zero-order valence-corrected chi connectivity index (χ0v) is 17.8. The molecule has 2 N–H and O–H groups in total. The summed E-state index contributed by atoms with van der Waals surface area (Å²) in [6, 6.07) is 12.8. The van der Waals surface area contributed by atoms with Crippen molar-refractivity contribution in [3.63, 3.8) is 0 Å². The summed E-state index contributed by atoms with van der Waals surface area (Å²) in [7, 11) is 1.63. The molecule has 0 amide bonds. The third-order valence-corrected chi connectivity index (χ3v) is 2.91. The predicted molar refractivity (Wildman–Crippen MR) is 115 cm³/mol. The van der Waals surface area contributed by atoms with E-state index in [-0.39, 0.29) is 17.8 Å². The second-order valence-electron chi connectivity index (χ2n) is 4.78. The number of methoxy groups -OCH3 is 1. The maximum Gasteiger partial charge on any atom is 0.199 e. The molecule has 28 heavy (non-hydrogen) atoms. The van der Waals surface area contributed by atoms with Crippen LogP contribution in [0.15, 0.2) is 48.5 Å². The first-order valence-electron chi connectivity index (χ1n) is 9.49. The Labute approximate surface area is 169 Å². The summed E-state index contributed by atoms with van der Waals surface area (Å²) >= 11 is 0. The van der Waals surface area contributed by atoms with Crippen LogP contribution in [0.4, 0.5) is 0 Å². The fourth-order valence-electron chi connectivity index (χ4n) is 1.72. The van der Waals surface area contributed by atoms with Crippen molar-refractivity contribution in [2.24, 2.45) is 0 Å². The van der Waals surface area contributed by atoms with Crippen molar-refractivity contribution in [1.82, 2.24) is 0 Å². The standard InChI is InChI=1S/C11H16O3.C8H6O2.2C2H6/c1-3-4-11(13-2)14-10-7-5-9(12)6-8-10;1-2-10-8-5-3-7(9)4-6-8;2*1-2/h5-8,11-12H,3-4H2,1-2H3;1,3-6,9H;2*1-2H3. The average molecular weight is 391 g/mol. The normalized spacial score (nSPS) is 9.61. The summed E-state index contributed by atoms with van der Waals surface area (Å²) in [5.74, 6) is 1.70. The zero-order valence-electron chi connectivity index (χ0n) is 17.8. The van der Waals surface area contributed by atoms with Gasteiger partial charge in [-0.15, -0.1) is 0 Å². The minimum atomic E-state index is -0.204. The van der Waals surface area contributed by atoms with Crippen LogP contribution in [-0.2, 0) is 4.74 Å². The van der Waals surface area contributed by atoms with Crippen molar-refractivity contribution >= 4 is 0 Å². The van der Waals surface area contributed by atoms with Crippen LogP contribution in [0.25, 0.3) is 0 Å². The Morgan fingerprint density at radius 2 is 1.29 bits per heavy atom. The molecule has 0 aliphatic carbocycles. The third kappa shape index (κ3) is 13.4. The Bertz CT molecular complexity index is 615. The first kappa shape index (κ1) is 27.4. The highest BCUT2D eigenvalue weighted by molar-refractivity contribution is 5.31. The quantitative estimate of drug-likeness (QED) is 0.471. The summed E-state index contributed by atoms with van der Waals surface area (Å²) < 4.78 is 15.3. The van der Waals surface area contributed by atoms with Crippen molar-refractivity contribution < 1.29 is 24.4 Å². The Kier molecular flexibility index (Phi) is 18.5. The molecule has 5 nitrogen and oxygen atoms in total. The van der Waals surface area contributed by atoms with Gasteiger partial charge in [-0.05, 0) is 48.5 Å². The zero-order chi connectivity index (χ0) is 21.8. The third-order valence-electron chi connectivity index (χ3n) is 2.91. The van der Waals surface area contributed by atoms with Crippen LogP contribution in [0.3, 0.4) is 0 Å². The molecule has 2 aromatic carbocycles. The van der Waals surface area contributed by atoms with E-state index in [9.17, 15) is 0 Å². The molecule has 0 aliphatic rings. The Morgan fingerprint density at radius 3 is 1.64 bits per heavy atom. The molecule has 0 fully saturated rings. The molecule has 0 spiro atoms. The van der Waals surface area contributed by atoms with Gasteiger partial charge in [0.2, 0.25) is 0 Å². The number of phenols is 2.